The number of halogens is 1. The van der Waals surface area contributed by atoms with E-state index in [-0.39, 0.29) is 12.0 Å². The molecule has 0 spiro atoms. The molecule has 0 amide bonds. The highest BCUT2D eigenvalue weighted by molar-refractivity contribution is 9.10. The van der Waals surface area contributed by atoms with Crippen LogP contribution in [0.4, 0.5) is 11.6 Å². The third-order valence-corrected chi connectivity index (χ3v) is 4.24. The fourth-order valence-corrected chi connectivity index (χ4v) is 2.98. The zero-order valence-electron chi connectivity index (χ0n) is 13.7. The molecule has 0 atom stereocenters. The van der Waals surface area contributed by atoms with Crippen molar-refractivity contribution in [2.45, 2.75) is 19.9 Å². The van der Waals surface area contributed by atoms with Gasteiger partial charge in [0.15, 0.2) is 0 Å². The van der Waals surface area contributed by atoms with Crippen LogP contribution in [0.1, 0.15) is 24.2 Å². The third kappa shape index (κ3) is 3.14. The molecule has 24 heavy (non-hydrogen) atoms. The number of anilines is 2. The smallest absolute Gasteiger partial charge is 0.337 e. The Kier molecular flexibility index (Phi) is 4.57. The minimum atomic E-state index is -0.341. The Balaban J connectivity index is 2.01. The number of rotatable bonds is 4. The van der Waals surface area contributed by atoms with E-state index in [4.69, 9.17) is 4.74 Å². The van der Waals surface area contributed by atoms with E-state index >= 15 is 0 Å². The third-order valence-electron chi connectivity index (χ3n) is 3.74. The number of aromatic amines is 1. The molecule has 5 nitrogen and oxygen atoms in total. The predicted molar refractivity (Wildman–Crippen MR) is 98.9 cm³/mol. The monoisotopic (exact) mass is 387 g/mol. The predicted octanol–water partition coefficient (Wildman–Crippen LogP) is 4.66. The maximum absolute atomic E-state index is 11.6. The number of esters is 1. The lowest BCUT2D eigenvalue weighted by molar-refractivity contribution is 0.0601. The molecule has 3 aromatic rings. The molecule has 1 aromatic heterocycles. The number of fused-ring (bicyclic) bond motifs is 1. The van der Waals surface area contributed by atoms with Crippen LogP contribution < -0.4 is 4.90 Å². The summed E-state index contributed by atoms with van der Waals surface area (Å²) in [5, 5.41) is 0. The Hall–Kier alpha value is -2.34. The summed E-state index contributed by atoms with van der Waals surface area (Å²) < 4.78 is 5.75. The topological polar surface area (TPSA) is 58.2 Å². The van der Waals surface area contributed by atoms with E-state index in [0.29, 0.717) is 5.56 Å². The minimum Gasteiger partial charge on any atom is -0.465 e. The van der Waals surface area contributed by atoms with Crippen LogP contribution in [0, 0.1) is 0 Å². The molecule has 0 aliphatic carbocycles. The molecule has 0 saturated heterocycles. The van der Waals surface area contributed by atoms with Crippen molar-refractivity contribution in [2.75, 3.05) is 12.0 Å². The zero-order valence-corrected chi connectivity index (χ0v) is 15.3. The number of methoxy groups -OCH3 is 1. The van der Waals surface area contributed by atoms with Crippen molar-refractivity contribution in [1.82, 2.24) is 9.97 Å². The quantitative estimate of drug-likeness (QED) is 0.661. The summed E-state index contributed by atoms with van der Waals surface area (Å²) in [5.74, 6) is 0.426. The first-order valence-electron chi connectivity index (χ1n) is 7.62. The van der Waals surface area contributed by atoms with Crippen LogP contribution in [0.3, 0.4) is 0 Å². The Morgan fingerprint density at radius 2 is 1.92 bits per heavy atom. The molecule has 0 fully saturated rings. The number of nitrogens with one attached hydrogen (secondary N) is 1. The largest absolute Gasteiger partial charge is 0.465 e. The number of H-pyrrole nitrogens is 1. The van der Waals surface area contributed by atoms with Crippen LogP contribution in [0.15, 0.2) is 46.9 Å². The molecule has 3 rings (SSSR count). The average Bonchev–Trinajstić information content (AvgIpc) is 2.97. The summed E-state index contributed by atoms with van der Waals surface area (Å²) in [6, 6.07) is 13.5. The highest BCUT2D eigenvalue weighted by atomic mass is 79.9. The molecule has 0 aliphatic rings. The lowest BCUT2D eigenvalue weighted by Crippen LogP contribution is -2.26. The standard InChI is InChI=1S/C18H18BrN3O2/c1-11(2)22(14-7-4-12(5-8-14)17(23)24-3)18-20-15-9-6-13(19)10-16(15)21-18/h4-11H,1-3H3,(H,20,21). The van der Waals surface area contributed by atoms with E-state index in [9.17, 15) is 4.79 Å². The first-order valence-corrected chi connectivity index (χ1v) is 8.42. The van der Waals surface area contributed by atoms with Crippen molar-refractivity contribution >= 4 is 44.6 Å². The van der Waals surface area contributed by atoms with Crippen LogP contribution in [0.25, 0.3) is 11.0 Å². The number of nitrogens with zero attached hydrogens (tertiary/aromatic N) is 2. The molecule has 2 aromatic carbocycles. The lowest BCUT2D eigenvalue weighted by atomic mass is 10.2. The van der Waals surface area contributed by atoms with E-state index in [1.807, 2.05) is 30.3 Å². The number of benzene rings is 2. The normalized spacial score (nSPS) is 11.0. The number of imidazole rings is 1. The molecule has 124 valence electrons. The van der Waals surface area contributed by atoms with Crippen molar-refractivity contribution in [2.24, 2.45) is 0 Å². The Morgan fingerprint density at radius 1 is 1.21 bits per heavy atom. The second-order valence-corrected chi connectivity index (χ2v) is 6.64. The molecule has 0 unspecified atom stereocenters. The Morgan fingerprint density at radius 3 is 2.54 bits per heavy atom. The van der Waals surface area contributed by atoms with Gasteiger partial charge in [0, 0.05) is 16.2 Å². The number of aromatic nitrogens is 2. The van der Waals surface area contributed by atoms with Crippen molar-refractivity contribution in [3.63, 3.8) is 0 Å². The maximum atomic E-state index is 11.6. The van der Waals surface area contributed by atoms with Gasteiger partial charge in [-0.15, -0.1) is 0 Å². The molecular weight excluding hydrogens is 370 g/mol. The van der Waals surface area contributed by atoms with Gasteiger partial charge in [-0.1, -0.05) is 15.9 Å². The number of carbonyl (C=O) groups is 1. The first kappa shape index (κ1) is 16.5. The minimum absolute atomic E-state index is 0.193. The van der Waals surface area contributed by atoms with Crippen molar-refractivity contribution in [1.29, 1.82) is 0 Å². The van der Waals surface area contributed by atoms with Crippen LogP contribution >= 0.6 is 15.9 Å². The lowest BCUT2D eigenvalue weighted by Gasteiger charge is -2.26. The molecule has 1 heterocycles. The Bertz CT molecular complexity index is 872. The fourth-order valence-electron chi connectivity index (χ4n) is 2.62. The zero-order chi connectivity index (χ0) is 17.3. The van der Waals surface area contributed by atoms with E-state index in [1.165, 1.54) is 7.11 Å². The Labute approximate surface area is 148 Å². The highest BCUT2D eigenvalue weighted by Crippen LogP contribution is 2.29. The molecule has 6 heteroatoms. The summed E-state index contributed by atoms with van der Waals surface area (Å²) in [7, 11) is 1.38. The van der Waals surface area contributed by atoms with Gasteiger partial charge in [-0.05, 0) is 56.3 Å². The van der Waals surface area contributed by atoms with E-state index in [2.05, 4.69) is 44.6 Å². The van der Waals surface area contributed by atoms with Gasteiger partial charge in [0.2, 0.25) is 5.95 Å². The van der Waals surface area contributed by atoms with E-state index < -0.39 is 0 Å². The molecule has 0 saturated carbocycles. The highest BCUT2D eigenvalue weighted by Gasteiger charge is 2.18. The molecule has 1 N–H and O–H groups in total. The second kappa shape index (κ2) is 6.65. The van der Waals surface area contributed by atoms with Crippen LogP contribution in [0.2, 0.25) is 0 Å². The average molecular weight is 388 g/mol. The van der Waals surface area contributed by atoms with Gasteiger partial charge < -0.3 is 14.6 Å². The van der Waals surface area contributed by atoms with Gasteiger partial charge in [0.05, 0.1) is 23.7 Å². The maximum Gasteiger partial charge on any atom is 0.337 e. The van der Waals surface area contributed by atoms with Crippen LogP contribution in [-0.4, -0.2) is 29.1 Å². The first-order chi connectivity index (χ1) is 11.5. The summed E-state index contributed by atoms with van der Waals surface area (Å²) in [6.45, 7) is 4.19. The summed E-state index contributed by atoms with van der Waals surface area (Å²) in [6.07, 6.45) is 0. The van der Waals surface area contributed by atoms with Gasteiger partial charge in [-0.25, -0.2) is 9.78 Å². The molecular formula is C18H18BrN3O2. The summed E-state index contributed by atoms with van der Waals surface area (Å²) in [4.78, 5) is 21.7. The summed E-state index contributed by atoms with van der Waals surface area (Å²) in [5.41, 5.74) is 3.36. The number of carbonyl (C=O) groups excluding carboxylic acids is 1. The SMILES string of the molecule is COC(=O)c1ccc(N(c2nc3ccc(Br)cc3[nH]2)C(C)C)cc1. The van der Waals surface area contributed by atoms with Crippen molar-refractivity contribution in [3.8, 4) is 0 Å². The van der Waals surface area contributed by atoms with Gasteiger partial charge in [0.25, 0.3) is 0 Å². The van der Waals surface area contributed by atoms with Gasteiger partial charge in [-0.3, -0.25) is 0 Å². The van der Waals surface area contributed by atoms with Crippen LogP contribution in [0.5, 0.6) is 0 Å². The second-order valence-electron chi connectivity index (χ2n) is 5.72. The van der Waals surface area contributed by atoms with Gasteiger partial charge >= 0.3 is 5.97 Å². The molecule has 0 aliphatic heterocycles. The number of ether oxygens (including phenoxy) is 1. The van der Waals surface area contributed by atoms with Gasteiger partial charge in [0.1, 0.15) is 0 Å². The van der Waals surface area contributed by atoms with Crippen LogP contribution in [-0.2, 0) is 4.74 Å². The summed E-state index contributed by atoms with van der Waals surface area (Å²) >= 11 is 3.48. The number of hydrogen-bond donors (Lipinski definition) is 1. The van der Waals surface area contributed by atoms with E-state index in [0.717, 1.165) is 27.1 Å². The van der Waals surface area contributed by atoms with Crippen molar-refractivity contribution < 1.29 is 9.53 Å². The van der Waals surface area contributed by atoms with Gasteiger partial charge in [-0.2, -0.15) is 0 Å². The van der Waals surface area contributed by atoms with E-state index in [1.54, 1.807) is 12.1 Å². The molecule has 0 bridgehead atoms. The van der Waals surface area contributed by atoms with Crippen molar-refractivity contribution in [3.05, 3.63) is 52.5 Å². The fraction of sp³-hybridized carbons (Fsp3) is 0.222. The number of hydrogen-bond acceptors (Lipinski definition) is 4. The molecule has 0 radical (unpaired) electrons.